The van der Waals surface area contributed by atoms with Gasteiger partial charge in [-0.25, -0.2) is 0 Å². The third-order valence-electron chi connectivity index (χ3n) is 0.232. The van der Waals surface area contributed by atoms with Gasteiger partial charge < -0.3 is 10.2 Å². The predicted octanol–water partition coefficient (Wildman–Crippen LogP) is -1.46. The fraction of sp³-hybridized carbons (Fsp3) is 1.00. The molecule has 0 bridgehead atoms. The molecule has 1 saturated heterocycles. The van der Waals surface area contributed by atoms with Gasteiger partial charge in [-0.15, -0.1) is 9.78 Å². The van der Waals surface area contributed by atoms with Gasteiger partial charge in [0.25, 0.3) is 0 Å². The zero-order valence-electron chi connectivity index (χ0n) is 2.54. The van der Waals surface area contributed by atoms with E-state index in [1.807, 2.05) is 0 Å². The fourth-order valence-corrected chi connectivity index (χ4v) is 0.0373. The molecule has 39 valence electrons. The monoisotopic (exact) mass is 137 g/mol. The zero-order chi connectivity index (χ0) is 3.91. The molecular weight excluding hydrogens is 135 g/mol. The van der Waals surface area contributed by atoms with Crippen LogP contribution in [0.3, 0.4) is 0 Å². The van der Waals surface area contributed by atoms with E-state index in [2.05, 4.69) is 9.78 Å². The van der Waals surface area contributed by atoms with Crippen molar-refractivity contribution in [3.63, 3.8) is 0 Å². The van der Waals surface area contributed by atoms with Gasteiger partial charge in [0.2, 0.25) is 0 Å². The summed E-state index contributed by atoms with van der Waals surface area (Å²) in [6.45, 7) is 0. The smallest absolute Gasteiger partial charge is 0.315 e. The van der Waals surface area contributed by atoms with E-state index in [0.717, 1.165) is 0 Å². The second-order valence-electron chi connectivity index (χ2n) is 0.715. The molecule has 1 rings (SSSR count). The van der Waals surface area contributed by atoms with Gasteiger partial charge in [-0.2, -0.15) is 0 Å². The van der Waals surface area contributed by atoms with E-state index in [-0.39, 0.29) is 16.8 Å². The van der Waals surface area contributed by atoms with Gasteiger partial charge in [-0.05, 0) is 0 Å². The van der Waals surface area contributed by atoms with Crippen LogP contribution < -0.4 is 0 Å². The topological polar surface area (TPSA) is 65.5 Å². The van der Waals surface area contributed by atoms with Crippen LogP contribution in [0.2, 0.25) is 0 Å². The van der Waals surface area contributed by atoms with E-state index in [9.17, 15) is 0 Å². The summed E-state index contributed by atoms with van der Waals surface area (Å²) in [5.41, 5.74) is 0. The SMILES string of the molecule is OC1(O)OO1.[Co]. The Hall–Kier alpha value is 0.346. The molecule has 6 heavy (non-hydrogen) atoms. The summed E-state index contributed by atoms with van der Waals surface area (Å²) < 4.78 is 0. The summed E-state index contributed by atoms with van der Waals surface area (Å²) in [5, 5.41) is 15.5. The fourth-order valence-electron chi connectivity index (χ4n) is 0.0373. The molecule has 0 saturated carbocycles. The van der Waals surface area contributed by atoms with Crippen molar-refractivity contribution in [3.8, 4) is 0 Å². The van der Waals surface area contributed by atoms with E-state index in [1.54, 1.807) is 0 Å². The molecule has 0 aromatic carbocycles. The number of aliphatic hydroxyl groups is 2. The summed E-state index contributed by atoms with van der Waals surface area (Å²) in [5.74, 6) is 0. The molecular formula is CH2CoO4. The Bertz CT molecular complexity index is 45.5. The van der Waals surface area contributed by atoms with Crippen LogP contribution in [0.1, 0.15) is 0 Å². The molecule has 2 N–H and O–H groups in total. The predicted molar refractivity (Wildman–Crippen MR) is 9.34 cm³/mol. The third-order valence-corrected chi connectivity index (χ3v) is 0.232. The minimum Gasteiger partial charge on any atom is -0.315 e. The molecule has 1 heterocycles. The third kappa shape index (κ3) is 1.70. The van der Waals surface area contributed by atoms with E-state index < -0.39 is 6.16 Å². The number of rotatable bonds is 0. The molecule has 1 aliphatic rings. The molecule has 0 aromatic rings. The van der Waals surface area contributed by atoms with E-state index in [1.165, 1.54) is 0 Å². The van der Waals surface area contributed by atoms with Crippen molar-refractivity contribution in [1.82, 2.24) is 0 Å². The summed E-state index contributed by atoms with van der Waals surface area (Å²) in [6, 6.07) is 0. The second-order valence-corrected chi connectivity index (χ2v) is 0.715. The van der Waals surface area contributed by atoms with Crippen molar-refractivity contribution in [1.29, 1.82) is 0 Å². The Morgan fingerprint density at radius 3 is 1.33 bits per heavy atom. The van der Waals surface area contributed by atoms with Crippen molar-refractivity contribution in [2.45, 2.75) is 6.16 Å². The quantitative estimate of drug-likeness (QED) is 0.243. The molecule has 0 unspecified atom stereocenters. The maximum atomic E-state index is 7.74. The summed E-state index contributed by atoms with van der Waals surface area (Å²) >= 11 is 0. The van der Waals surface area contributed by atoms with Crippen LogP contribution >= 0.6 is 0 Å². The van der Waals surface area contributed by atoms with Crippen molar-refractivity contribution in [2.75, 3.05) is 0 Å². The minimum atomic E-state index is -2.25. The van der Waals surface area contributed by atoms with Crippen LogP contribution in [0.5, 0.6) is 0 Å². The van der Waals surface area contributed by atoms with Crippen LogP contribution in [0.15, 0.2) is 0 Å². The molecule has 0 atom stereocenters. The maximum Gasteiger partial charge on any atom is 0.461 e. The Morgan fingerprint density at radius 2 is 1.33 bits per heavy atom. The maximum absolute atomic E-state index is 7.74. The van der Waals surface area contributed by atoms with Crippen molar-refractivity contribution >= 4 is 0 Å². The van der Waals surface area contributed by atoms with Gasteiger partial charge in [0.05, 0.1) is 0 Å². The summed E-state index contributed by atoms with van der Waals surface area (Å²) in [6.07, 6.45) is -2.25. The van der Waals surface area contributed by atoms with Crippen LogP contribution in [0, 0.1) is 0 Å². The normalized spacial score (nSPS) is 25.0. The van der Waals surface area contributed by atoms with Crippen molar-refractivity contribution in [3.05, 3.63) is 0 Å². The van der Waals surface area contributed by atoms with Gasteiger partial charge in [0, 0.05) is 16.8 Å². The largest absolute Gasteiger partial charge is 0.461 e. The molecule has 5 heteroatoms. The Kier molecular flexibility index (Phi) is 1.53. The second kappa shape index (κ2) is 1.45. The van der Waals surface area contributed by atoms with Gasteiger partial charge in [-0.3, -0.25) is 0 Å². The molecule has 0 amide bonds. The average Bonchev–Trinajstić information content (AvgIpc) is 1.76. The van der Waals surface area contributed by atoms with Crippen LogP contribution in [-0.2, 0) is 26.6 Å². The first kappa shape index (κ1) is 6.35. The van der Waals surface area contributed by atoms with Crippen LogP contribution in [0.25, 0.3) is 0 Å². The molecule has 1 aliphatic heterocycles. The molecule has 4 nitrogen and oxygen atoms in total. The first-order chi connectivity index (χ1) is 2.21. The first-order valence-corrected chi connectivity index (χ1v) is 1.02. The standard InChI is InChI=1S/CH2O4.Co/c2-1(3)4-5-1;/h2-3H;. The van der Waals surface area contributed by atoms with Gasteiger partial charge >= 0.3 is 6.16 Å². The van der Waals surface area contributed by atoms with Crippen LogP contribution in [0.4, 0.5) is 0 Å². The van der Waals surface area contributed by atoms with E-state index in [4.69, 9.17) is 10.2 Å². The Labute approximate surface area is 43.8 Å². The zero-order valence-corrected chi connectivity index (χ0v) is 3.59. The first-order valence-electron chi connectivity index (χ1n) is 1.02. The van der Waals surface area contributed by atoms with Crippen molar-refractivity contribution in [2.24, 2.45) is 0 Å². The van der Waals surface area contributed by atoms with Crippen molar-refractivity contribution < 1.29 is 36.8 Å². The van der Waals surface area contributed by atoms with Crippen LogP contribution in [-0.4, -0.2) is 16.4 Å². The minimum absolute atomic E-state index is 0. The summed E-state index contributed by atoms with van der Waals surface area (Å²) in [4.78, 5) is 7.01. The molecule has 0 spiro atoms. The van der Waals surface area contributed by atoms with Gasteiger partial charge in [0.15, 0.2) is 0 Å². The van der Waals surface area contributed by atoms with E-state index >= 15 is 0 Å². The number of hydrogen-bond donors (Lipinski definition) is 2. The Morgan fingerprint density at radius 1 is 1.17 bits per heavy atom. The summed E-state index contributed by atoms with van der Waals surface area (Å²) in [7, 11) is 0. The van der Waals surface area contributed by atoms with Gasteiger partial charge in [-0.1, -0.05) is 0 Å². The number of hydrogen-bond acceptors (Lipinski definition) is 4. The van der Waals surface area contributed by atoms with E-state index in [0.29, 0.717) is 0 Å². The molecule has 0 aromatic heterocycles. The molecule has 1 fully saturated rings. The average molecular weight is 137 g/mol. The van der Waals surface area contributed by atoms with Gasteiger partial charge in [0.1, 0.15) is 0 Å². The molecule has 1 radical (unpaired) electrons. The molecule has 0 aliphatic carbocycles. The Balaban J connectivity index is 0.000000250.